The summed E-state index contributed by atoms with van der Waals surface area (Å²) in [4.78, 5) is 4.44. The summed E-state index contributed by atoms with van der Waals surface area (Å²) in [5.74, 6) is 0. The van der Waals surface area contributed by atoms with Gasteiger partial charge in [-0.2, -0.15) is 0 Å². The van der Waals surface area contributed by atoms with Crippen molar-refractivity contribution in [1.82, 2.24) is 4.98 Å². The molecule has 0 unspecified atom stereocenters. The van der Waals surface area contributed by atoms with Crippen LogP contribution in [0.4, 0.5) is 0 Å². The Labute approximate surface area is 123 Å². The van der Waals surface area contributed by atoms with Gasteiger partial charge in [-0.15, -0.1) is 0 Å². The average Bonchev–Trinajstić information content (AvgIpc) is 2.40. The van der Waals surface area contributed by atoms with E-state index >= 15 is 0 Å². The number of unbranched alkanes of at least 4 members (excludes halogenated alkanes) is 1. The summed E-state index contributed by atoms with van der Waals surface area (Å²) in [5, 5.41) is 1.25. The average molecular weight is 292 g/mol. The van der Waals surface area contributed by atoms with Crippen LogP contribution in [0.5, 0.6) is 0 Å². The maximum absolute atomic E-state index is 6.17. The second-order valence-electron chi connectivity index (χ2n) is 4.29. The summed E-state index contributed by atoms with van der Waals surface area (Å²) in [5.41, 5.74) is 2.85. The molecule has 2 rings (SSSR count). The van der Waals surface area contributed by atoms with Crippen LogP contribution in [-0.4, -0.2) is 4.98 Å². The van der Waals surface area contributed by atoms with Crippen molar-refractivity contribution in [3.05, 3.63) is 58.2 Å². The van der Waals surface area contributed by atoms with Crippen molar-refractivity contribution in [1.29, 1.82) is 0 Å². The maximum atomic E-state index is 6.17. The van der Waals surface area contributed by atoms with Crippen molar-refractivity contribution in [3.8, 4) is 11.3 Å². The van der Waals surface area contributed by atoms with E-state index in [4.69, 9.17) is 23.2 Å². The van der Waals surface area contributed by atoms with E-state index in [2.05, 4.69) is 24.1 Å². The molecule has 0 saturated carbocycles. The first-order valence-electron chi connectivity index (χ1n) is 6.28. The molecular formula is C16H15Cl2N. The fraction of sp³-hybridized carbons (Fsp3) is 0.188. The van der Waals surface area contributed by atoms with Crippen LogP contribution in [0.1, 0.15) is 25.3 Å². The van der Waals surface area contributed by atoms with Gasteiger partial charge in [0, 0.05) is 16.8 Å². The van der Waals surface area contributed by atoms with Crippen LogP contribution in [0.25, 0.3) is 17.3 Å². The molecule has 1 heterocycles. The van der Waals surface area contributed by atoms with Crippen molar-refractivity contribution in [2.24, 2.45) is 0 Å². The van der Waals surface area contributed by atoms with Crippen LogP contribution >= 0.6 is 23.2 Å². The molecule has 0 N–H and O–H groups in total. The Morgan fingerprint density at radius 1 is 1.16 bits per heavy atom. The summed E-state index contributed by atoms with van der Waals surface area (Å²) in [6.07, 6.45) is 8.34. The number of hydrogen-bond donors (Lipinski definition) is 0. The van der Waals surface area contributed by atoms with Crippen LogP contribution in [0, 0.1) is 0 Å². The third-order valence-electron chi connectivity index (χ3n) is 2.76. The van der Waals surface area contributed by atoms with E-state index in [0.29, 0.717) is 10.0 Å². The highest BCUT2D eigenvalue weighted by atomic mass is 35.5. The highest BCUT2D eigenvalue weighted by Gasteiger charge is 2.05. The molecule has 0 bridgehead atoms. The molecule has 0 fully saturated rings. The van der Waals surface area contributed by atoms with Crippen molar-refractivity contribution in [2.75, 3.05) is 0 Å². The fourth-order valence-corrected chi connectivity index (χ4v) is 2.25. The number of benzene rings is 1. The van der Waals surface area contributed by atoms with Gasteiger partial charge in [0.15, 0.2) is 0 Å². The third kappa shape index (κ3) is 3.82. The molecule has 1 nitrogen and oxygen atoms in total. The van der Waals surface area contributed by atoms with Crippen LogP contribution in [-0.2, 0) is 0 Å². The second-order valence-corrected chi connectivity index (χ2v) is 5.14. The molecule has 1 aromatic carbocycles. The van der Waals surface area contributed by atoms with E-state index in [1.807, 2.05) is 30.5 Å². The Morgan fingerprint density at radius 2 is 2.00 bits per heavy atom. The Balaban J connectivity index is 2.22. The van der Waals surface area contributed by atoms with Gasteiger partial charge in [-0.1, -0.05) is 54.8 Å². The number of allylic oxidation sites excluding steroid dienone is 1. The predicted molar refractivity (Wildman–Crippen MR) is 83.6 cm³/mol. The highest BCUT2D eigenvalue weighted by molar-refractivity contribution is 6.36. The molecule has 0 amide bonds. The van der Waals surface area contributed by atoms with Gasteiger partial charge in [0.1, 0.15) is 0 Å². The summed E-state index contributed by atoms with van der Waals surface area (Å²) in [6, 6.07) is 9.45. The van der Waals surface area contributed by atoms with Gasteiger partial charge in [-0.3, -0.25) is 4.98 Å². The number of aromatic nitrogens is 1. The van der Waals surface area contributed by atoms with Gasteiger partial charge in [0.05, 0.1) is 10.7 Å². The first-order valence-corrected chi connectivity index (χ1v) is 7.04. The maximum Gasteiger partial charge on any atom is 0.0717 e. The number of hydrogen-bond acceptors (Lipinski definition) is 1. The fourth-order valence-electron chi connectivity index (χ4n) is 1.75. The second kappa shape index (κ2) is 6.74. The monoisotopic (exact) mass is 291 g/mol. The first-order chi connectivity index (χ1) is 9.20. The quantitative estimate of drug-likeness (QED) is 0.686. The largest absolute Gasteiger partial charge is 0.256 e. The number of nitrogens with zero attached hydrogens (tertiary/aromatic N) is 1. The van der Waals surface area contributed by atoms with Gasteiger partial charge < -0.3 is 0 Å². The SMILES string of the molecule is CCCC=Cc1ccc(-c2ccc(Cl)cc2Cl)nc1. The van der Waals surface area contributed by atoms with Crippen molar-refractivity contribution >= 4 is 29.3 Å². The zero-order chi connectivity index (χ0) is 13.7. The lowest BCUT2D eigenvalue weighted by Crippen LogP contribution is -1.85. The molecule has 0 aliphatic carbocycles. The molecule has 0 radical (unpaired) electrons. The lowest BCUT2D eigenvalue weighted by Gasteiger charge is -2.04. The van der Waals surface area contributed by atoms with Crippen LogP contribution < -0.4 is 0 Å². The van der Waals surface area contributed by atoms with Gasteiger partial charge in [-0.05, 0) is 36.2 Å². The normalized spacial score (nSPS) is 11.1. The first kappa shape index (κ1) is 14.1. The van der Waals surface area contributed by atoms with Gasteiger partial charge in [0.2, 0.25) is 0 Å². The van der Waals surface area contributed by atoms with Crippen molar-refractivity contribution in [2.45, 2.75) is 19.8 Å². The van der Waals surface area contributed by atoms with E-state index in [-0.39, 0.29) is 0 Å². The summed E-state index contributed by atoms with van der Waals surface area (Å²) < 4.78 is 0. The van der Waals surface area contributed by atoms with Crippen molar-refractivity contribution in [3.63, 3.8) is 0 Å². The third-order valence-corrected chi connectivity index (χ3v) is 3.31. The van der Waals surface area contributed by atoms with E-state index in [0.717, 1.165) is 29.7 Å². The van der Waals surface area contributed by atoms with Gasteiger partial charge in [-0.25, -0.2) is 0 Å². The minimum atomic E-state index is 0.620. The Bertz CT molecular complexity index is 574. The van der Waals surface area contributed by atoms with Crippen LogP contribution in [0.2, 0.25) is 10.0 Å². The lowest BCUT2D eigenvalue weighted by molar-refractivity contribution is 0.962. The van der Waals surface area contributed by atoms with E-state index in [1.165, 1.54) is 0 Å². The molecule has 0 saturated heterocycles. The topological polar surface area (TPSA) is 12.9 Å². The highest BCUT2D eigenvalue weighted by Crippen LogP contribution is 2.29. The minimum Gasteiger partial charge on any atom is -0.256 e. The molecule has 0 atom stereocenters. The number of halogens is 2. The molecule has 19 heavy (non-hydrogen) atoms. The summed E-state index contributed by atoms with van der Waals surface area (Å²) >= 11 is 12.1. The molecule has 2 aromatic rings. The smallest absolute Gasteiger partial charge is 0.0717 e. The molecule has 0 aliphatic rings. The zero-order valence-electron chi connectivity index (χ0n) is 10.7. The van der Waals surface area contributed by atoms with E-state index < -0.39 is 0 Å². The molecule has 1 aromatic heterocycles. The molecule has 3 heteroatoms. The number of rotatable bonds is 4. The zero-order valence-corrected chi connectivity index (χ0v) is 12.2. The summed E-state index contributed by atoms with van der Waals surface area (Å²) in [6.45, 7) is 2.16. The minimum absolute atomic E-state index is 0.620. The molecule has 98 valence electrons. The molecule has 0 aliphatic heterocycles. The Kier molecular flexibility index (Phi) is 5.00. The Morgan fingerprint density at radius 3 is 2.63 bits per heavy atom. The van der Waals surface area contributed by atoms with Gasteiger partial charge in [0.25, 0.3) is 0 Å². The standard InChI is InChI=1S/C16H15Cl2N/c1-2-3-4-5-12-6-9-16(19-11-12)14-8-7-13(17)10-15(14)18/h4-11H,2-3H2,1H3. The van der Waals surface area contributed by atoms with Gasteiger partial charge >= 0.3 is 0 Å². The van der Waals surface area contributed by atoms with Crippen LogP contribution in [0.3, 0.4) is 0 Å². The number of pyridine rings is 1. The Hall–Kier alpha value is -1.31. The lowest BCUT2D eigenvalue weighted by atomic mass is 10.1. The van der Waals surface area contributed by atoms with E-state index in [9.17, 15) is 0 Å². The molecular weight excluding hydrogens is 277 g/mol. The summed E-state index contributed by atoms with van der Waals surface area (Å²) in [7, 11) is 0. The predicted octanol–water partition coefficient (Wildman–Crippen LogP) is 5.87. The van der Waals surface area contributed by atoms with Crippen molar-refractivity contribution < 1.29 is 0 Å². The van der Waals surface area contributed by atoms with E-state index in [1.54, 1.807) is 6.07 Å². The van der Waals surface area contributed by atoms with Crippen LogP contribution in [0.15, 0.2) is 42.6 Å². The molecule has 0 spiro atoms.